The van der Waals surface area contributed by atoms with Gasteiger partial charge >= 0.3 is 0 Å². The van der Waals surface area contributed by atoms with E-state index in [1.165, 1.54) is 0 Å². The molecule has 1 aromatic rings. The Balaban J connectivity index is 2.79. The largest absolute Gasteiger partial charge is 0.503 e. The number of thiocarbonyl (C=S) groups is 1. The fourth-order valence-corrected chi connectivity index (χ4v) is 1.42. The molecule has 0 aliphatic rings. The molecular weight excluding hydrogens is 234 g/mol. The lowest BCUT2D eigenvalue weighted by molar-refractivity contribution is 0.396. The minimum Gasteiger partial charge on any atom is -0.503 e. The van der Waals surface area contributed by atoms with E-state index in [1.807, 2.05) is 13.8 Å². The minimum absolute atomic E-state index is 0.117. The molecule has 0 atom stereocenters. The summed E-state index contributed by atoms with van der Waals surface area (Å²) in [5.74, 6) is -3.06. The maximum Gasteiger partial charge on any atom is 0.187 e. The number of hydrogen-bond acceptors (Lipinski definition) is 2. The van der Waals surface area contributed by atoms with Crippen LogP contribution in [0.3, 0.4) is 0 Å². The van der Waals surface area contributed by atoms with Gasteiger partial charge in [-0.25, -0.2) is 8.78 Å². The molecule has 0 aliphatic heterocycles. The molecule has 0 spiro atoms. The van der Waals surface area contributed by atoms with Crippen LogP contribution in [0.4, 0.5) is 14.5 Å². The van der Waals surface area contributed by atoms with Crippen LogP contribution < -0.4 is 10.6 Å². The van der Waals surface area contributed by atoms with Gasteiger partial charge in [-0.1, -0.05) is 0 Å². The second-order valence-corrected chi connectivity index (χ2v) is 3.95. The molecule has 0 unspecified atom stereocenters. The molecule has 0 aromatic heterocycles. The fraction of sp³-hybridized carbons (Fsp3) is 0.300. The number of benzene rings is 1. The van der Waals surface area contributed by atoms with E-state index in [0.717, 1.165) is 12.1 Å². The Bertz CT molecular complexity index is 387. The Hall–Kier alpha value is -1.43. The molecule has 3 nitrogen and oxygen atoms in total. The number of halogens is 2. The molecule has 88 valence electrons. The monoisotopic (exact) mass is 246 g/mol. The normalized spacial score (nSPS) is 10.3. The first-order valence-corrected chi connectivity index (χ1v) is 5.06. The van der Waals surface area contributed by atoms with E-state index < -0.39 is 17.4 Å². The van der Waals surface area contributed by atoms with E-state index in [4.69, 9.17) is 17.3 Å². The lowest BCUT2D eigenvalue weighted by Gasteiger charge is -2.13. The molecule has 0 saturated carbocycles. The third-order valence-corrected chi connectivity index (χ3v) is 1.91. The smallest absolute Gasteiger partial charge is 0.187 e. The van der Waals surface area contributed by atoms with Crippen LogP contribution in [-0.2, 0) is 0 Å². The van der Waals surface area contributed by atoms with Gasteiger partial charge < -0.3 is 15.7 Å². The third kappa shape index (κ3) is 3.30. The first kappa shape index (κ1) is 12.6. The lowest BCUT2D eigenvalue weighted by atomic mass is 10.3. The number of hydrogen-bond donors (Lipinski definition) is 3. The van der Waals surface area contributed by atoms with Crippen molar-refractivity contribution < 1.29 is 13.9 Å². The zero-order valence-corrected chi connectivity index (χ0v) is 9.66. The number of nitrogens with one attached hydrogen (secondary N) is 2. The van der Waals surface area contributed by atoms with Crippen molar-refractivity contribution in [1.29, 1.82) is 0 Å². The van der Waals surface area contributed by atoms with Crippen molar-refractivity contribution in [3.8, 4) is 5.75 Å². The summed E-state index contributed by atoms with van der Waals surface area (Å²) < 4.78 is 25.9. The van der Waals surface area contributed by atoms with Crippen LogP contribution in [0.2, 0.25) is 0 Å². The van der Waals surface area contributed by atoms with Gasteiger partial charge in [-0.3, -0.25) is 0 Å². The molecule has 1 aromatic carbocycles. The summed E-state index contributed by atoms with van der Waals surface area (Å²) in [7, 11) is 0. The van der Waals surface area contributed by atoms with Crippen molar-refractivity contribution in [2.75, 3.05) is 5.32 Å². The van der Waals surface area contributed by atoms with Crippen molar-refractivity contribution in [2.24, 2.45) is 0 Å². The predicted molar refractivity (Wildman–Crippen MR) is 62.5 cm³/mol. The first-order valence-electron chi connectivity index (χ1n) is 4.65. The van der Waals surface area contributed by atoms with Crippen LogP contribution >= 0.6 is 12.2 Å². The summed E-state index contributed by atoms with van der Waals surface area (Å²) >= 11 is 4.90. The van der Waals surface area contributed by atoms with Crippen molar-refractivity contribution in [2.45, 2.75) is 19.9 Å². The van der Waals surface area contributed by atoms with Crippen LogP contribution in [0.1, 0.15) is 13.8 Å². The summed E-state index contributed by atoms with van der Waals surface area (Å²) in [6.07, 6.45) is 0. The van der Waals surface area contributed by atoms with E-state index in [1.54, 1.807) is 0 Å². The van der Waals surface area contributed by atoms with E-state index in [0.29, 0.717) is 0 Å². The number of aromatic hydroxyl groups is 1. The van der Waals surface area contributed by atoms with Crippen molar-refractivity contribution in [3.63, 3.8) is 0 Å². The molecular formula is C10H12F2N2OS. The average molecular weight is 246 g/mol. The average Bonchev–Trinajstić information content (AvgIpc) is 2.12. The summed E-state index contributed by atoms with van der Waals surface area (Å²) in [5, 5.41) is 14.6. The van der Waals surface area contributed by atoms with Gasteiger partial charge in [0.2, 0.25) is 0 Å². The van der Waals surface area contributed by atoms with Crippen LogP contribution in [0.5, 0.6) is 5.75 Å². The molecule has 16 heavy (non-hydrogen) atoms. The summed E-state index contributed by atoms with van der Waals surface area (Å²) in [6.45, 7) is 3.76. The highest BCUT2D eigenvalue weighted by Gasteiger charge is 2.10. The molecule has 0 saturated heterocycles. The van der Waals surface area contributed by atoms with Gasteiger partial charge in [0, 0.05) is 23.9 Å². The summed E-state index contributed by atoms with van der Waals surface area (Å²) in [6, 6.07) is 2.05. The maximum atomic E-state index is 13.0. The zero-order valence-electron chi connectivity index (χ0n) is 8.84. The Morgan fingerprint density at radius 2 is 1.81 bits per heavy atom. The Morgan fingerprint density at radius 1 is 1.31 bits per heavy atom. The topological polar surface area (TPSA) is 44.3 Å². The third-order valence-electron chi connectivity index (χ3n) is 1.69. The SMILES string of the molecule is CC(C)NC(=S)Nc1cc(F)c(O)c(F)c1. The van der Waals surface area contributed by atoms with Gasteiger partial charge in [0.25, 0.3) is 0 Å². The van der Waals surface area contributed by atoms with Gasteiger partial charge in [-0.2, -0.15) is 0 Å². The quantitative estimate of drug-likeness (QED) is 0.553. The van der Waals surface area contributed by atoms with Gasteiger partial charge in [0.1, 0.15) is 0 Å². The number of anilines is 1. The Kier molecular flexibility index (Phi) is 4.00. The highest BCUT2D eigenvalue weighted by molar-refractivity contribution is 7.80. The number of phenols is 1. The second-order valence-electron chi connectivity index (χ2n) is 3.54. The molecule has 3 N–H and O–H groups in total. The van der Waals surface area contributed by atoms with Crippen molar-refractivity contribution in [3.05, 3.63) is 23.8 Å². The molecule has 0 amide bonds. The molecule has 0 aliphatic carbocycles. The van der Waals surface area contributed by atoms with Crippen molar-refractivity contribution >= 4 is 23.0 Å². The predicted octanol–water partition coefficient (Wildman–Crippen LogP) is 2.37. The Labute approximate surface area is 97.5 Å². The molecule has 0 fully saturated rings. The Morgan fingerprint density at radius 3 is 2.25 bits per heavy atom. The summed E-state index contributed by atoms with van der Waals surface area (Å²) in [4.78, 5) is 0. The van der Waals surface area contributed by atoms with E-state index >= 15 is 0 Å². The van der Waals surface area contributed by atoms with Gasteiger partial charge in [-0.15, -0.1) is 0 Å². The van der Waals surface area contributed by atoms with Crippen LogP contribution in [-0.4, -0.2) is 16.3 Å². The zero-order chi connectivity index (χ0) is 12.3. The maximum absolute atomic E-state index is 13.0. The minimum atomic E-state index is -1.03. The highest BCUT2D eigenvalue weighted by atomic mass is 32.1. The lowest BCUT2D eigenvalue weighted by Crippen LogP contribution is -2.33. The molecule has 6 heteroatoms. The van der Waals surface area contributed by atoms with E-state index in [-0.39, 0.29) is 16.8 Å². The van der Waals surface area contributed by atoms with Crippen molar-refractivity contribution in [1.82, 2.24) is 5.32 Å². The fourth-order valence-electron chi connectivity index (χ4n) is 1.07. The first-order chi connectivity index (χ1) is 7.40. The van der Waals surface area contributed by atoms with Crippen LogP contribution in [0.15, 0.2) is 12.1 Å². The van der Waals surface area contributed by atoms with Crippen LogP contribution in [0, 0.1) is 11.6 Å². The number of rotatable bonds is 2. The van der Waals surface area contributed by atoms with Gasteiger partial charge in [0.05, 0.1) is 0 Å². The van der Waals surface area contributed by atoms with Gasteiger partial charge in [0.15, 0.2) is 22.5 Å². The van der Waals surface area contributed by atoms with Crippen LogP contribution in [0.25, 0.3) is 0 Å². The molecule has 0 bridgehead atoms. The van der Waals surface area contributed by atoms with E-state index in [9.17, 15) is 8.78 Å². The highest BCUT2D eigenvalue weighted by Crippen LogP contribution is 2.23. The van der Waals surface area contributed by atoms with E-state index in [2.05, 4.69) is 10.6 Å². The molecule has 0 heterocycles. The second kappa shape index (κ2) is 5.07. The number of phenolic OH excluding ortho intramolecular Hbond substituents is 1. The van der Waals surface area contributed by atoms with Gasteiger partial charge in [-0.05, 0) is 26.1 Å². The summed E-state index contributed by atoms with van der Waals surface area (Å²) in [5.41, 5.74) is 0.144. The standard InChI is InChI=1S/C10H12F2N2OS/c1-5(2)13-10(16)14-6-3-7(11)9(15)8(12)4-6/h3-5,15H,1-2H3,(H2,13,14,16). The molecule has 1 rings (SSSR count). The molecule has 0 radical (unpaired) electrons.